The summed E-state index contributed by atoms with van der Waals surface area (Å²) in [6, 6.07) is 2.03. The second-order valence-corrected chi connectivity index (χ2v) is 5.91. The monoisotopic (exact) mass is 290 g/mol. The van der Waals surface area contributed by atoms with Gasteiger partial charge < -0.3 is 10.2 Å². The first-order valence-electron chi connectivity index (χ1n) is 7.32. The van der Waals surface area contributed by atoms with Gasteiger partial charge in [0.1, 0.15) is 5.82 Å². The van der Waals surface area contributed by atoms with Crippen LogP contribution in [0.2, 0.25) is 0 Å². The summed E-state index contributed by atoms with van der Waals surface area (Å²) < 4.78 is 3.86. The molecule has 6 nitrogen and oxygen atoms in total. The summed E-state index contributed by atoms with van der Waals surface area (Å²) in [5.41, 5.74) is 3.62. The minimum Gasteiger partial charge on any atom is -0.363 e. The van der Waals surface area contributed by atoms with E-state index in [1.54, 1.807) is 0 Å². The molecule has 2 rings (SSSR count). The molecule has 116 valence electrons. The van der Waals surface area contributed by atoms with Gasteiger partial charge in [-0.1, -0.05) is 13.8 Å². The molecule has 0 amide bonds. The zero-order valence-corrected chi connectivity index (χ0v) is 13.9. The van der Waals surface area contributed by atoms with Crippen LogP contribution in [0.25, 0.3) is 0 Å². The maximum Gasteiger partial charge on any atom is 0.130 e. The van der Waals surface area contributed by atoms with Crippen molar-refractivity contribution in [1.82, 2.24) is 24.9 Å². The number of nitrogens with zero attached hydrogens (tertiary/aromatic N) is 5. The molecule has 21 heavy (non-hydrogen) atoms. The number of hydrogen-bond acceptors (Lipinski definition) is 4. The molecular formula is C15H26N6. The molecule has 0 aliphatic carbocycles. The van der Waals surface area contributed by atoms with Crippen molar-refractivity contribution in [3.8, 4) is 0 Å². The molecule has 0 unspecified atom stereocenters. The number of rotatable bonds is 6. The van der Waals surface area contributed by atoms with Gasteiger partial charge in [0.25, 0.3) is 0 Å². The summed E-state index contributed by atoms with van der Waals surface area (Å²) in [5.74, 6) is 1.58. The van der Waals surface area contributed by atoms with E-state index in [-0.39, 0.29) is 0 Å². The highest BCUT2D eigenvalue weighted by atomic mass is 15.4. The topological polar surface area (TPSA) is 50.9 Å². The van der Waals surface area contributed by atoms with Crippen LogP contribution >= 0.6 is 0 Å². The molecule has 0 spiro atoms. The minimum atomic E-state index is 0.415. The van der Waals surface area contributed by atoms with Crippen LogP contribution in [0.5, 0.6) is 0 Å². The van der Waals surface area contributed by atoms with Gasteiger partial charge in [-0.2, -0.15) is 10.2 Å². The van der Waals surface area contributed by atoms with Crippen molar-refractivity contribution >= 4 is 5.82 Å². The largest absolute Gasteiger partial charge is 0.363 e. The van der Waals surface area contributed by atoms with Gasteiger partial charge in [-0.15, -0.1) is 0 Å². The van der Waals surface area contributed by atoms with Crippen LogP contribution in [0.3, 0.4) is 0 Å². The maximum absolute atomic E-state index is 4.68. The molecule has 1 N–H and O–H groups in total. The molecule has 6 heteroatoms. The fraction of sp³-hybridized carbons (Fsp3) is 0.600. The van der Waals surface area contributed by atoms with E-state index in [4.69, 9.17) is 0 Å². The first-order chi connectivity index (χ1) is 9.91. The molecule has 0 aliphatic heterocycles. The van der Waals surface area contributed by atoms with Gasteiger partial charge in [0.2, 0.25) is 0 Å². The van der Waals surface area contributed by atoms with E-state index in [0.29, 0.717) is 5.92 Å². The van der Waals surface area contributed by atoms with Gasteiger partial charge in [-0.3, -0.25) is 9.36 Å². The number of aryl methyl sites for hydroxylation is 2. The van der Waals surface area contributed by atoms with Crippen molar-refractivity contribution in [2.75, 3.05) is 19.0 Å². The van der Waals surface area contributed by atoms with Crippen LogP contribution in [-0.2, 0) is 27.2 Å². The lowest BCUT2D eigenvalue weighted by atomic mass is 10.1. The van der Waals surface area contributed by atoms with Crippen molar-refractivity contribution in [2.24, 2.45) is 14.1 Å². The van der Waals surface area contributed by atoms with Crippen LogP contribution in [0.15, 0.2) is 12.3 Å². The maximum atomic E-state index is 4.68. The van der Waals surface area contributed by atoms with Gasteiger partial charge in [-0.25, -0.2) is 0 Å². The van der Waals surface area contributed by atoms with Gasteiger partial charge in [-0.05, 0) is 12.0 Å². The fourth-order valence-electron chi connectivity index (χ4n) is 2.66. The lowest BCUT2D eigenvalue weighted by Crippen LogP contribution is -2.20. The van der Waals surface area contributed by atoms with E-state index >= 15 is 0 Å². The van der Waals surface area contributed by atoms with E-state index in [1.165, 1.54) is 17.0 Å². The average molecular weight is 290 g/mol. The Kier molecular flexibility index (Phi) is 4.67. The summed E-state index contributed by atoms with van der Waals surface area (Å²) >= 11 is 0. The predicted molar refractivity (Wildman–Crippen MR) is 85.4 cm³/mol. The zero-order valence-electron chi connectivity index (χ0n) is 13.9. The van der Waals surface area contributed by atoms with Crippen molar-refractivity contribution in [1.29, 1.82) is 0 Å². The van der Waals surface area contributed by atoms with Crippen molar-refractivity contribution in [2.45, 2.75) is 32.9 Å². The molecule has 0 fully saturated rings. The lowest BCUT2D eigenvalue weighted by molar-refractivity contribution is 0.621. The minimum absolute atomic E-state index is 0.415. The second-order valence-electron chi connectivity index (χ2n) is 5.91. The van der Waals surface area contributed by atoms with Crippen LogP contribution in [0, 0.1) is 0 Å². The SMILES string of the molecule is CC(C)c1nn(C)c(N(C)C)c1CNCc1ccnn1C. The van der Waals surface area contributed by atoms with Crippen LogP contribution in [-0.4, -0.2) is 33.7 Å². The van der Waals surface area contributed by atoms with E-state index in [1.807, 2.05) is 35.7 Å². The third kappa shape index (κ3) is 3.26. The van der Waals surface area contributed by atoms with Crippen LogP contribution < -0.4 is 10.2 Å². The Labute approximate surface area is 126 Å². The van der Waals surface area contributed by atoms with Crippen molar-refractivity contribution in [3.63, 3.8) is 0 Å². The van der Waals surface area contributed by atoms with Crippen LogP contribution in [0.1, 0.15) is 36.7 Å². The summed E-state index contributed by atoms with van der Waals surface area (Å²) in [6.07, 6.45) is 1.83. The fourth-order valence-corrected chi connectivity index (χ4v) is 2.66. The first-order valence-corrected chi connectivity index (χ1v) is 7.32. The Morgan fingerprint density at radius 2 is 1.90 bits per heavy atom. The quantitative estimate of drug-likeness (QED) is 0.878. The first kappa shape index (κ1) is 15.6. The van der Waals surface area contributed by atoms with Crippen molar-refractivity contribution < 1.29 is 0 Å². The van der Waals surface area contributed by atoms with Gasteiger partial charge >= 0.3 is 0 Å². The normalized spacial score (nSPS) is 11.4. The molecule has 2 aromatic rings. The Hall–Kier alpha value is -1.82. The Morgan fingerprint density at radius 1 is 1.19 bits per heavy atom. The Bertz CT molecular complexity index is 593. The molecule has 2 heterocycles. The van der Waals surface area contributed by atoms with Gasteiger partial charge in [0.15, 0.2) is 0 Å². The zero-order chi connectivity index (χ0) is 15.6. The number of nitrogens with one attached hydrogen (secondary N) is 1. The highest BCUT2D eigenvalue weighted by molar-refractivity contribution is 5.50. The number of hydrogen-bond donors (Lipinski definition) is 1. The summed E-state index contributed by atoms with van der Waals surface area (Å²) in [5, 5.41) is 12.4. The summed E-state index contributed by atoms with van der Waals surface area (Å²) in [4.78, 5) is 2.12. The van der Waals surface area contributed by atoms with E-state index in [9.17, 15) is 0 Å². The second kappa shape index (κ2) is 6.30. The Balaban J connectivity index is 2.16. The van der Waals surface area contributed by atoms with E-state index in [2.05, 4.69) is 48.4 Å². The van der Waals surface area contributed by atoms with Gasteiger partial charge in [0, 0.05) is 53.0 Å². The molecular weight excluding hydrogens is 264 g/mol. The molecule has 0 aromatic carbocycles. The standard InChI is InChI=1S/C15H26N6/c1-11(2)14-13(15(19(3)4)21(6)18-14)10-16-9-12-7-8-17-20(12)5/h7-8,11,16H,9-10H2,1-6H3. The molecule has 0 atom stereocenters. The molecule has 0 saturated carbocycles. The summed E-state index contributed by atoms with van der Waals surface area (Å²) in [6.45, 7) is 5.98. The van der Waals surface area contributed by atoms with E-state index in [0.717, 1.165) is 18.9 Å². The lowest BCUT2D eigenvalue weighted by Gasteiger charge is -2.16. The van der Waals surface area contributed by atoms with E-state index < -0.39 is 0 Å². The molecule has 0 bridgehead atoms. The average Bonchev–Trinajstić information content (AvgIpc) is 2.94. The van der Waals surface area contributed by atoms with Crippen LogP contribution in [0.4, 0.5) is 5.82 Å². The Morgan fingerprint density at radius 3 is 2.43 bits per heavy atom. The highest BCUT2D eigenvalue weighted by Crippen LogP contribution is 2.27. The smallest absolute Gasteiger partial charge is 0.130 e. The van der Waals surface area contributed by atoms with Gasteiger partial charge in [0.05, 0.1) is 11.4 Å². The summed E-state index contributed by atoms with van der Waals surface area (Å²) in [7, 11) is 8.09. The third-order valence-electron chi connectivity index (χ3n) is 3.64. The molecule has 0 radical (unpaired) electrons. The highest BCUT2D eigenvalue weighted by Gasteiger charge is 2.19. The predicted octanol–water partition coefficient (Wildman–Crippen LogP) is 1.63. The number of aromatic nitrogens is 4. The molecule has 0 saturated heterocycles. The molecule has 0 aliphatic rings. The van der Waals surface area contributed by atoms with Crippen molar-refractivity contribution in [3.05, 3.63) is 29.2 Å². The third-order valence-corrected chi connectivity index (χ3v) is 3.64. The molecule has 2 aromatic heterocycles. The number of anilines is 1.